The lowest BCUT2D eigenvalue weighted by Gasteiger charge is -2.19. The molecule has 0 radical (unpaired) electrons. The maximum Gasteiger partial charge on any atom is 0.323 e. The zero-order chi connectivity index (χ0) is 38.6. The summed E-state index contributed by atoms with van der Waals surface area (Å²) in [5.41, 5.74) is 6.80. The Hall–Kier alpha value is -2.94. The Balaban J connectivity index is 2.37. The molecule has 53 heavy (non-hydrogen) atoms. The molecular weight excluding hydrogens is 668 g/mol. The third-order valence-corrected chi connectivity index (χ3v) is 9.57. The average Bonchev–Trinajstić information content (AvgIpc) is 3.16. The van der Waals surface area contributed by atoms with Gasteiger partial charge < -0.3 is 24.7 Å². The summed E-state index contributed by atoms with van der Waals surface area (Å²) in [6.45, 7) is 4.23. The highest BCUT2D eigenvalue weighted by Crippen LogP contribution is 2.15. The van der Waals surface area contributed by atoms with Gasteiger partial charge in [0.2, 0.25) is 0 Å². The predicted molar refractivity (Wildman–Crippen MR) is 215 cm³/mol. The van der Waals surface area contributed by atoms with Gasteiger partial charge in [-0.2, -0.15) is 0 Å². The molecule has 0 saturated carbocycles. The van der Waals surface area contributed by atoms with E-state index in [4.69, 9.17) is 30.1 Å². The molecule has 0 amide bonds. The topological polar surface area (TPSA) is 138 Å². The van der Waals surface area contributed by atoms with Crippen LogP contribution in [0.5, 0.6) is 0 Å². The Kier molecular flexibility index (Phi) is 31.6. The second kappa shape index (κ2) is 34.8. The number of rotatable bonds is 36. The van der Waals surface area contributed by atoms with E-state index in [-0.39, 0.29) is 50.5 Å². The molecule has 0 aromatic heterocycles. The number of hydrogen-bond acceptors (Lipinski definition) is 9. The van der Waals surface area contributed by atoms with E-state index in [0.717, 1.165) is 44.1 Å². The van der Waals surface area contributed by atoms with Gasteiger partial charge in [-0.15, -0.1) is 0 Å². The standard InChI is InChI=1S/C44H76N2O7/c1-3-5-7-9-11-13-14-15-16-17-18-20-22-24-29-33-43(48)53-39(37-51-42(47)32-28-23-21-19-12-10-8-6-4-2)36-50-41(46)34-40(45)44(49)52-35-38-30-26-25-27-31-38/h25-27,30-31,39-40,46H,3-24,28-29,32-37,45H2,1-2H3. The van der Waals surface area contributed by atoms with Crippen LogP contribution in [0.3, 0.4) is 0 Å². The van der Waals surface area contributed by atoms with Gasteiger partial charge in [-0.05, 0) is 18.4 Å². The van der Waals surface area contributed by atoms with Gasteiger partial charge in [0, 0.05) is 19.3 Å². The van der Waals surface area contributed by atoms with Gasteiger partial charge >= 0.3 is 17.9 Å². The highest BCUT2D eigenvalue weighted by atomic mass is 16.6. The van der Waals surface area contributed by atoms with Gasteiger partial charge in [0.1, 0.15) is 25.9 Å². The van der Waals surface area contributed by atoms with Gasteiger partial charge in [-0.25, -0.2) is 0 Å². The van der Waals surface area contributed by atoms with Crippen LogP contribution in [0.2, 0.25) is 0 Å². The van der Waals surface area contributed by atoms with Crippen LogP contribution in [-0.2, 0) is 39.9 Å². The fourth-order valence-electron chi connectivity index (χ4n) is 6.21. The summed E-state index contributed by atoms with van der Waals surface area (Å²) >= 11 is 0. The second-order valence-corrected chi connectivity index (χ2v) is 14.7. The quantitative estimate of drug-likeness (QED) is 0.0228. The fraction of sp³-hybridized carbons (Fsp3) is 0.773. The van der Waals surface area contributed by atoms with E-state index in [9.17, 15) is 14.4 Å². The number of ether oxygens (including phenoxy) is 4. The average molecular weight is 745 g/mol. The minimum absolute atomic E-state index is 0.0867. The van der Waals surface area contributed by atoms with Crippen LogP contribution in [0.25, 0.3) is 0 Å². The fourth-order valence-corrected chi connectivity index (χ4v) is 6.21. The summed E-state index contributed by atoms with van der Waals surface area (Å²) in [6.07, 6.45) is 28.7. The molecule has 2 unspecified atom stereocenters. The molecule has 1 aromatic carbocycles. The number of benzene rings is 1. The summed E-state index contributed by atoms with van der Waals surface area (Å²) in [5, 5.41) is 8.21. The summed E-state index contributed by atoms with van der Waals surface area (Å²) in [4.78, 5) is 37.6. The Bertz CT molecular complexity index is 1050. The Morgan fingerprint density at radius 2 is 0.981 bits per heavy atom. The number of esters is 3. The highest BCUT2D eigenvalue weighted by molar-refractivity contribution is 5.83. The molecule has 0 aliphatic carbocycles. The molecule has 3 N–H and O–H groups in total. The SMILES string of the molecule is CCCCCCCCCCCCCCCCCC(=O)OC(COC(=N)CC(N)C(=O)OCc1ccccc1)COC(=O)CCCCCCCCCCC. The first-order valence-corrected chi connectivity index (χ1v) is 21.4. The molecule has 0 fully saturated rings. The van der Waals surface area contributed by atoms with Crippen molar-refractivity contribution in [3.63, 3.8) is 0 Å². The monoisotopic (exact) mass is 745 g/mol. The van der Waals surface area contributed by atoms with Crippen LogP contribution in [0, 0.1) is 5.41 Å². The van der Waals surface area contributed by atoms with Crippen LogP contribution >= 0.6 is 0 Å². The third kappa shape index (κ3) is 30.1. The predicted octanol–water partition coefficient (Wildman–Crippen LogP) is 11.1. The number of hydrogen-bond donors (Lipinski definition) is 2. The number of carbonyl (C=O) groups excluding carboxylic acids is 3. The molecule has 2 atom stereocenters. The van der Waals surface area contributed by atoms with Crippen LogP contribution < -0.4 is 5.73 Å². The van der Waals surface area contributed by atoms with Crippen LogP contribution in [0.4, 0.5) is 0 Å². The van der Waals surface area contributed by atoms with E-state index in [1.807, 2.05) is 30.3 Å². The lowest BCUT2D eigenvalue weighted by Crippen LogP contribution is -2.36. The number of unbranched alkanes of at least 4 members (excludes halogenated alkanes) is 22. The van der Waals surface area contributed by atoms with Crippen molar-refractivity contribution in [2.75, 3.05) is 13.2 Å². The van der Waals surface area contributed by atoms with Gasteiger partial charge in [0.25, 0.3) is 0 Å². The van der Waals surface area contributed by atoms with Crippen molar-refractivity contribution in [3.05, 3.63) is 35.9 Å². The smallest absolute Gasteiger partial charge is 0.323 e. The molecular formula is C44H76N2O7. The number of nitrogens with one attached hydrogen (secondary N) is 1. The van der Waals surface area contributed by atoms with Gasteiger partial charge in [0.05, 0.1) is 0 Å². The molecule has 9 heteroatoms. The molecule has 0 heterocycles. The molecule has 0 aliphatic rings. The lowest BCUT2D eigenvalue weighted by atomic mass is 10.0. The minimum Gasteiger partial charge on any atom is -0.477 e. The zero-order valence-electron chi connectivity index (χ0n) is 33.7. The molecule has 1 aromatic rings. The zero-order valence-corrected chi connectivity index (χ0v) is 33.7. The normalized spacial score (nSPS) is 12.2. The van der Waals surface area contributed by atoms with Gasteiger partial charge in [-0.1, -0.05) is 185 Å². The van der Waals surface area contributed by atoms with E-state index in [1.54, 1.807) is 0 Å². The molecule has 0 saturated heterocycles. The molecule has 0 aliphatic heterocycles. The van der Waals surface area contributed by atoms with Crippen molar-refractivity contribution in [1.82, 2.24) is 0 Å². The molecule has 0 spiro atoms. The second-order valence-electron chi connectivity index (χ2n) is 14.7. The van der Waals surface area contributed by atoms with E-state index in [1.165, 1.54) is 116 Å². The molecule has 0 bridgehead atoms. The number of carbonyl (C=O) groups is 3. The van der Waals surface area contributed by atoms with E-state index >= 15 is 0 Å². The van der Waals surface area contributed by atoms with Gasteiger partial charge in [-0.3, -0.25) is 19.8 Å². The van der Waals surface area contributed by atoms with E-state index in [0.29, 0.717) is 6.42 Å². The molecule has 304 valence electrons. The Labute approximate surface area is 322 Å². The first-order chi connectivity index (χ1) is 25.8. The first-order valence-electron chi connectivity index (χ1n) is 21.4. The maximum atomic E-state index is 12.7. The van der Waals surface area contributed by atoms with Crippen molar-refractivity contribution < 1.29 is 33.3 Å². The Morgan fingerprint density at radius 1 is 0.566 bits per heavy atom. The highest BCUT2D eigenvalue weighted by Gasteiger charge is 2.22. The van der Waals surface area contributed by atoms with Crippen molar-refractivity contribution in [1.29, 1.82) is 5.41 Å². The van der Waals surface area contributed by atoms with Crippen molar-refractivity contribution in [2.45, 2.75) is 206 Å². The molecule has 9 nitrogen and oxygen atoms in total. The summed E-state index contributed by atoms with van der Waals surface area (Å²) in [5.74, 6) is -1.59. The first kappa shape index (κ1) is 48.1. The van der Waals surface area contributed by atoms with Crippen molar-refractivity contribution in [2.24, 2.45) is 5.73 Å². The largest absolute Gasteiger partial charge is 0.477 e. The van der Waals surface area contributed by atoms with Crippen molar-refractivity contribution >= 4 is 23.8 Å². The van der Waals surface area contributed by atoms with E-state index in [2.05, 4.69) is 13.8 Å². The molecule has 1 rings (SSSR count). The maximum absolute atomic E-state index is 12.7. The lowest BCUT2D eigenvalue weighted by molar-refractivity contribution is -0.161. The Morgan fingerprint density at radius 3 is 1.45 bits per heavy atom. The van der Waals surface area contributed by atoms with E-state index < -0.39 is 18.1 Å². The van der Waals surface area contributed by atoms with Crippen molar-refractivity contribution in [3.8, 4) is 0 Å². The van der Waals surface area contributed by atoms with Crippen LogP contribution in [-0.4, -0.2) is 49.2 Å². The summed E-state index contributed by atoms with van der Waals surface area (Å²) in [6, 6.07) is 8.19. The minimum atomic E-state index is -1.08. The third-order valence-electron chi connectivity index (χ3n) is 9.57. The number of nitrogens with two attached hydrogens (primary N) is 1. The van der Waals surface area contributed by atoms with Crippen LogP contribution in [0.15, 0.2) is 30.3 Å². The van der Waals surface area contributed by atoms with Gasteiger partial charge in [0.15, 0.2) is 12.0 Å². The summed E-state index contributed by atoms with van der Waals surface area (Å²) < 4.78 is 21.9. The van der Waals surface area contributed by atoms with Crippen LogP contribution in [0.1, 0.15) is 193 Å². The summed E-state index contributed by atoms with van der Waals surface area (Å²) in [7, 11) is 0.